The molecule has 2 unspecified atom stereocenters. The van der Waals surface area contributed by atoms with Crippen molar-refractivity contribution in [1.29, 1.82) is 0 Å². The van der Waals surface area contributed by atoms with Gasteiger partial charge in [0.2, 0.25) is 0 Å². The number of ketones is 1. The number of Topliss-reactive ketones (excluding diaryl/α,β-unsaturated/α-hetero) is 1. The minimum Gasteiger partial charge on any atom is -0.362 e. The summed E-state index contributed by atoms with van der Waals surface area (Å²) in [4.78, 5) is 13.4. The Hall–Kier alpha value is -1.45. The van der Waals surface area contributed by atoms with Crippen LogP contribution in [0.5, 0.6) is 0 Å². The predicted octanol–water partition coefficient (Wildman–Crippen LogP) is 2.67. The Morgan fingerprint density at radius 3 is 2.41 bits per heavy atom. The Bertz CT molecular complexity index is 458. The van der Waals surface area contributed by atoms with Gasteiger partial charge in [-0.05, 0) is 25.0 Å². The van der Waals surface area contributed by atoms with E-state index in [0.29, 0.717) is 18.5 Å². The summed E-state index contributed by atoms with van der Waals surface area (Å²) in [6.07, 6.45) is 2.72. The zero-order valence-corrected chi connectivity index (χ0v) is 9.33. The van der Waals surface area contributed by atoms with E-state index in [1.165, 1.54) is 6.07 Å². The first kappa shape index (κ1) is 10.7. The van der Waals surface area contributed by atoms with Crippen molar-refractivity contribution in [3.05, 3.63) is 29.8 Å². The topological polar surface area (TPSA) is 20.3 Å². The highest BCUT2D eigenvalue weighted by Crippen LogP contribution is 2.39. The van der Waals surface area contributed by atoms with Crippen LogP contribution in [0.3, 0.4) is 0 Å². The van der Waals surface area contributed by atoms with Gasteiger partial charge in [0.05, 0.1) is 5.69 Å². The Morgan fingerprint density at radius 2 is 1.76 bits per heavy atom. The number of benzene rings is 1. The predicted molar refractivity (Wildman–Crippen MR) is 59.9 cm³/mol. The maximum atomic E-state index is 13.7. The van der Waals surface area contributed by atoms with Crippen molar-refractivity contribution in [3.8, 4) is 0 Å². The number of fused-ring (bicyclic) bond motifs is 2. The molecule has 1 aromatic carbocycles. The molecule has 1 aromatic rings. The smallest absolute Gasteiger partial charge is 0.146 e. The number of piperidine rings is 1. The highest BCUT2D eigenvalue weighted by Gasteiger charge is 2.41. The largest absolute Gasteiger partial charge is 0.362 e. The molecule has 2 saturated heterocycles. The summed E-state index contributed by atoms with van der Waals surface area (Å²) in [5.74, 6) is -0.596. The molecule has 0 aliphatic carbocycles. The summed E-state index contributed by atoms with van der Waals surface area (Å²) >= 11 is 0. The fourth-order valence-electron chi connectivity index (χ4n) is 3.05. The van der Waals surface area contributed by atoms with Gasteiger partial charge in [-0.2, -0.15) is 0 Å². The molecule has 4 heteroatoms. The lowest BCUT2D eigenvalue weighted by Crippen LogP contribution is -2.43. The molecule has 2 bridgehead atoms. The van der Waals surface area contributed by atoms with Gasteiger partial charge in [0, 0.05) is 31.0 Å². The zero-order chi connectivity index (χ0) is 12.0. The third-order valence-electron chi connectivity index (χ3n) is 3.73. The Morgan fingerprint density at radius 1 is 1.12 bits per heavy atom. The van der Waals surface area contributed by atoms with Crippen molar-refractivity contribution in [2.75, 3.05) is 4.90 Å². The van der Waals surface area contributed by atoms with E-state index < -0.39 is 11.6 Å². The van der Waals surface area contributed by atoms with Crippen molar-refractivity contribution in [2.24, 2.45) is 0 Å². The van der Waals surface area contributed by atoms with Crippen molar-refractivity contribution in [2.45, 2.75) is 37.8 Å². The van der Waals surface area contributed by atoms with Gasteiger partial charge < -0.3 is 4.90 Å². The second-order valence-electron chi connectivity index (χ2n) is 4.83. The Kier molecular flexibility index (Phi) is 2.38. The van der Waals surface area contributed by atoms with Gasteiger partial charge in [-0.25, -0.2) is 8.78 Å². The number of nitrogens with zero attached hydrogens (tertiary/aromatic N) is 1. The van der Waals surface area contributed by atoms with Gasteiger partial charge in [-0.3, -0.25) is 4.79 Å². The minimum atomic E-state index is -0.433. The van der Waals surface area contributed by atoms with Crippen LogP contribution in [0.25, 0.3) is 0 Å². The van der Waals surface area contributed by atoms with E-state index in [4.69, 9.17) is 0 Å². The fraction of sp³-hybridized carbons (Fsp3) is 0.462. The number of anilines is 1. The summed E-state index contributed by atoms with van der Waals surface area (Å²) in [5, 5.41) is 0. The summed E-state index contributed by atoms with van der Waals surface area (Å²) in [7, 11) is 0. The van der Waals surface area contributed by atoms with Crippen LogP contribution in [0.4, 0.5) is 14.5 Å². The maximum Gasteiger partial charge on any atom is 0.146 e. The standard InChI is InChI=1S/C13H13F2NO/c14-8-1-4-12(15)13(5-8)16-9-2-3-10(16)7-11(17)6-9/h1,4-5,9-10H,2-3,6-7H2. The van der Waals surface area contributed by atoms with Crippen LogP contribution in [0.15, 0.2) is 18.2 Å². The SMILES string of the molecule is O=C1CC2CCC(C1)N2c1cc(F)ccc1F. The summed E-state index contributed by atoms with van der Waals surface area (Å²) in [5.41, 5.74) is 0.310. The number of hydrogen-bond acceptors (Lipinski definition) is 2. The van der Waals surface area contributed by atoms with Crippen molar-refractivity contribution < 1.29 is 13.6 Å². The van der Waals surface area contributed by atoms with E-state index in [-0.39, 0.29) is 17.9 Å². The van der Waals surface area contributed by atoms with Crippen molar-refractivity contribution in [1.82, 2.24) is 0 Å². The van der Waals surface area contributed by atoms with Crippen LogP contribution in [-0.2, 0) is 4.79 Å². The molecule has 0 radical (unpaired) electrons. The normalized spacial score (nSPS) is 27.6. The second-order valence-corrected chi connectivity index (χ2v) is 4.83. The van der Waals surface area contributed by atoms with E-state index in [0.717, 1.165) is 25.0 Å². The lowest BCUT2D eigenvalue weighted by molar-refractivity contribution is -0.120. The lowest BCUT2D eigenvalue weighted by Gasteiger charge is -2.36. The maximum absolute atomic E-state index is 13.7. The molecule has 0 amide bonds. The molecule has 0 aromatic heterocycles. The number of hydrogen-bond donors (Lipinski definition) is 0. The molecular formula is C13H13F2NO. The quantitative estimate of drug-likeness (QED) is 0.748. The minimum absolute atomic E-state index is 0.0533. The van der Waals surface area contributed by atoms with Gasteiger partial charge in [0.15, 0.2) is 0 Å². The fourth-order valence-corrected chi connectivity index (χ4v) is 3.05. The van der Waals surface area contributed by atoms with Crippen LogP contribution >= 0.6 is 0 Å². The van der Waals surface area contributed by atoms with Crippen LogP contribution < -0.4 is 4.90 Å². The first-order valence-electron chi connectivity index (χ1n) is 5.90. The highest BCUT2D eigenvalue weighted by atomic mass is 19.1. The molecule has 2 aliphatic rings. The second kappa shape index (κ2) is 3.79. The van der Waals surface area contributed by atoms with Crippen LogP contribution in [0.1, 0.15) is 25.7 Å². The average Bonchev–Trinajstić information content (AvgIpc) is 2.54. The summed E-state index contributed by atoms with van der Waals surface area (Å²) in [6, 6.07) is 3.61. The lowest BCUT2D eigenvalue weighted by atomic mass is 10.0. The molecule has 90 valence electrons. The van der Waals surface area contributed by atoms with Crippen LogP contribution in [0, 0.1) is 11.6 Å². The third kappa shape index (κ3) is 1.72. The molecule has 2 atom stereocenters. The zero-order valence-electron chi connectivity index (χ0n) is 9.33. The van der Waals surface area contributed by atoms with Crippen LogP contribution in [0.2, 0.25) is 0 Å². The molecule has 2 heterocycles. The number of rotatable bonds is 1. The third-order valence-corrected chi connectivity index (χ3v) is 3.73. The van der Waals surface area contributed by atoms with Crippen molar-refractivity contribution >= 4 is 11.5 Å². The molecule has 0 spiro atoms. The molecule has 0 N–H and O–H groups in total. The molecule has 17 heavy (non-hydrogen) atoms. The van der Waals surface area contributed by atoms with Gasteiger partial charge in [-0.1, -0.05) is 0 Å². The monoisotopic (exact) mass is 237 g/mol. The summed E-state index contributed by atoms with van der Waals surface area (Å²) in [6.45, 7) is 0. The van der Waals surface area contributed by atoms with Crippen LogP contribution in [-0.4, -0.2) is 17.9 Å². The first-order valence-corrected chi connectivity index (χ1v) is 5.90. The van der Waals surface area contributed by atoms with E-state index in [1.807, 2.05) is 4.90 Å². The number of carbonyl (C=O) groups is 1. The molecule has 2 fully saturated rings. The van der Waals surface area contributed by atoms with E-state index in [2.05, 4.69) is 0 Å². The van der Waals surface area contributed by atoms with E-state index >= 15 is 0 Å². The van der Waals surface area contributed by atoms with Gasteiger partial charge in [0.1, 0.15) is 17.4 Å². The molecule has 0 saturated carbocycles. The molecule has 2 aliphatic heterocycles. The molecule has 2 nitrogen and oxygen atoms in total. The van der Waals surface area contributed by atoms with Gasteiger partial charge in [0.25, 0.3) is 0 Å². The van der Waals surface area contributed by atoms with Gasteiger partial charge >= 0.3 is 0 Å². The highest BCUT2D eigenvalue weighted by molar-refractivity contribution is 5.83. The Labute approximate surface area is 98.2 Å². The average molecular weight is 237 g/mol. The Balaban J connectivity index is 1.99. The number of carbonyl (C=O) groups excluding carboxylic acids is 1. The van der Waals surface area contributed by atoms with Crippen molar-refractivity contribution in [3.63, 3.8) is 0 Å². The van der Waals surface area contributed by atoms with E-state index in [1.54, 1.807) is 0 Å². The molecular weight excluding hydrogens is 224 g/mol. The summed E-state index contributed by atoms with van der Waals surface area (Å²) < 4.78 is 26.9. The molecule has 3 rings (SSSR count). The van der Waals surface area contributed by atoms with Gasteiger partial charge in [-0.15, -0.1) is 0 Å². The number of halogens is 2. The van der Waals surface area contributed by atoms with E-state index in [9.17, 15) is 13.6 Å². The first-order chi connectivity index (χ1) is 8.15.